The van der Waals surface area contributed by atoms with Crippen LogP contribution < -0.4 is 0 Å². The highest BCUT2D eigenvalue weighted by molar-refractivity contribution is 7.91. The van der Waals surface area contributed by atoms with Crippen molar-refractivity contribution < 1.29 is 17.9 Å². The van der Waals surface area contributed by atoms with Gasteiger partial charge in [-0.3, -0.25) is 0 Å². The Balaban J connectivity index is 1.48. The number of fused-ring (bicyclic) bond motifs is 1. The Kier molecular flexibility index (Phi) is 6.10. The largest absolute Gasteiger partial charge is 0.359 e. The number of halogens is 1. The summed E-state index contributed by atoms with van der Waals surface area (Å²) in [5, 5.41) is 11.4. The maximum atomic E-state index is 13.8. The van der Waals surface area contributed by atoms with E-state index in [2.05, 4.69) is 9.97 Å². The van der Waals surface area contributed by atoms with Crippen molar-refractivity contribution in [1.82, 2.24) is 13.9 Å². The van der Waals surface area contributed by atoms with Gasteiger partial charge in [-0.25, -0.2) is 22.4 Å². The number of nitriles is 1. The zero-order valence-corrected chi connectivity index (χ0v) is 21.6. The molecule has 1 unspecified atom stereocenters. The molecule has 3 aromatic rings. The highest BCUT2D eigenvalue weighted by Crippen LogP contribution is 2.48. The lowest BCUT2D eigenvalue weighted by molar-refractivity contribution is -0.171. The lowest BCUT2D eigenvalue weighted by Gasteiger charge is -2.39. The number of rotatable bonds is 7. The average Bonchev–Trinajstić information content (AvgIpc) is 3.44. The van der Waals surface area contributed by atoms with Crippen LogP contribution in [0.3, 0.4) is 0 Å². The lowest BCUT2D eigenvalue weighted by Crippen LogP contribution is -2.39. The minimum Gasteiger partial charge on any atom is -0.359 e. The van der Waals surface area contributed by atoms with Crippen molar-refractivity contribution in [1.29, 1.82) is 5.26 Å². The fourth-order valence-corrected chi connectivity index (χ4v) is 7.87. The highest BCUT2D eigenvalue weighted by Gasteiger charge is 2.44. The molecule has 0 bridgehead atoms. The molecular weight excluding hydrogens is 508 g/mol. The van der Waals surface area contributed by atoms with E-state index < -0.39 is 20.4 Å². The van der Waals surface area contributed by atoms with Crippen molar-refractivity contribution in [3.05, 3.63) is 63.4 Å². The van der Waals surface area contributed by atoms with Crippen LogP contribution in [0.25, 0.3) is 16.6 Å². The molecule has 11 heteroatoms. The van der Waals surface area contributed by atoms with Gasteiger partial charge in [0.05, 0.1) is 4.88 Å². The van der Waals surface area contributed by atoms with Crippen LogP contribution in [0.15, 0.2) is 47.8 Å². The number of hydrogen-bond donors (Lipinski definition) is 0. The maximum Gasteiger partial charge on any atom is 0.250 e. The van der Waals surface area contributed by atoms with Gasteiger partial charge in [0, 0.05) is 35.5 Å². The van der Waals surface area contributed by atoms with Crippen LogP contribution in [-0.2, 0) is 25.1 Å². The first-order chi connectivity index (χ1) is 16.7. The van der Waals surface area contributed by atoms with Crippen LogP contribution >= 0.6 is 22.9 Å². The van der Waals surface area contributed by atoms with E-state index >= 15 is 0 Å². The normalized spacial score (nSPS) is 21.8. The first-order valence-electron chi connectivity index (χ1n) is 11.0. The third-order valence-corrected chi connectivity index (χ3v) is 10.5. The Labute approximate surface area is 212 Å². The number of hydrogen-bond acceptors (Lipinski definition) is 8. The van der Waals surface area contributed by atoms with E-state index in [-0.39, 0.29) is 24.6 Å². The predicted octanol–water partition coefficient (Wildman–Crippen LogP) is 4.91. The van der Waals surface area contributed by atoms with Gasteiger partial charge in [-0.2, -0.15) is 5.26 Å². The van der Waals surface area contributed by atoms with Crippen LogP contribution in [0.1, 0.15) is 48.2 Å². The summed E-state index contributed by atoms with van der Waals surface area (Å²) in [6, 6.07) is 6.94. The predicted molar refractivity (Wildman–Crippen MR) is 134 cm³/mol. The third-order valence-electron chi connectivity index (χ3n) is 6.64. The van der Waals surface area contributed by atoms with Crippen molar-refractivity contribution in [2.45, 2.75) is 43.0 Å². The van der Waals surface area contributed by atoms with Gasteiger partial charge in [0.25, 0.3) is 10.0 Å². The average molecular weight is 531 g/mol. The molecule has 1 atom stereocenters. The molecule has 3 aromatic heterocycles. The van der Waals surface area contributed by atoms with Crippen molar-refractivity contribution in [2.24, 2.45) is 0 Å². The van der Waals surface area contributed by atoms with Crippen LogP contribution in [0.2, 0.25) is 0 Å². The van der Waals surface area contributed by atoms with Gasteiger partial charge in [0.2, 0.25) is 0 Å². The van der Waals surface area contributed by atoms with E-state index in [0.717, 1.165) is 38.7 Å². The quantitative estimate of drug-likeness (QED) is 0.399. The Bertz CT molecular complexity index is 1510. The number of thiazole rings is 1. The van der Waals surface area contributed by atoms with Gasteiger partial charge < -0.3 is 9.47 Å². The number of nitrogens with zero attached hydrogens (tertiary/aromatic N) is 4. The number of methoxy groups -OCH3 is 1. The summed E-state index contributed by atoms with van der Waals surface area (Å²) in [5.41, 5.74) is 0.533. The summed E-state index contributed by atoms with van der Waals surface area (Å²) in [7, 11) is -2.48. The Morgan fingerprint density at radius 2 is 2.14 bits per heavy atom. The monoisotopic (exact) mass is 530 g/mol. The number of pyridine rings is 1. The van der Waals surface area contributed by atoms with Gasteiger partial charge in [-0.05, 0) is 56.9 Å². The summed E-state index contributed by atoms with van der Waals surface area (Å²) in [4.78, 5) is 9.67. The molecule has 0 aliphatic heterocycles. The SMILES string of the molecule is COCOC1(c2ncc(C3=CCC(C)(S(=O)(=O)n4c(C#N)cc5cccnc54)C=C3Cl)s2)CCC1. The summed E-state index contributed by atoms with van der Waals surface area (Å²) >= 11 is 8.18. The molecule has 5 rings (SSSR count). The van der Waals surface area contributed by atoms with Crippen molar-refractivity contribution in [2.75, 3.05) is 13.9 Å². The fraction of sp³-hybridized carbons (Fsp3) is 0.375. The van der Waals surface area contributed by atoms with Crippen LogP contribution in [0, 0.1) is 11.3 Å². The van der Waals surface area contributed by atoms with Crippen LogP contribution in [0.5, 0.6) is 0 Å². The van der Waals surface area contributed by atoms with Crippen LogP contribution in [-0.4, -0.2) is 41.0 Å². The smallest absolute Gasteiger partial charge is 0.250 e. The highest BCUT2D eigenvalue weighted by atomic mass is 35.5. The van der Waals surface area contributed by atoms with Gasteiger partial charge in [0.15, 0.2) is 5.65 Å². The molecule has 1 fully saturated rings. The standard InChI is InChI=1S/C24H23ClN4O4S2/c1-23(35(30,31)29-17(13-26)11-16-5-3-10-27-21(16)29)9-6-18(19(25)12-23)20-14-28-22(34-20)24(7-4-8-24)33-15-32-2/h3,5-6,10-12,14H,4,7-9,15H2,1-2H3. The topological polar surface area (TPSA) is 107 Å². The third kappa shape index (κ3) is 3.82. The summed E-state index contributed by atoms with van der Waals surface area (Å²) in [6.07, 6.45) is 9.63. The number of aromatic nitrogens is 3. The van der Waals surface area contributed by atoms with Gasteiger partial charge in [-0.15, -0.1) is 11.3 Å². The molecule has 8 nitrogen and oxygen atoms in total. The van der Waals surface area contributed by atoms with Crippen LogP contribution in [0.4, 0.5) is 0 Å². The Morgan fingerprint density at radius 1 is 1.34 bits per heavy atom. The fourth-order valence-electron chi connectivity index (χ4n) is 4.45. The molecular formula is C24H23ClN4O4S2. The molecule has 35 heavy (non-hydrogen) atoms. The summed E-state index contributed by atoms with van der Waals surface area (Å²) in [6.45, 7) is 1.80. The first kappa shape index (κ1) is 24.2. The molecule has 3 heterocycles. The minimum absolute atomic E-state index is 0.00757. The second-order valence-corrected chi connectivity index (χ2v) is 12.6. The molecule has 0 amide bonds. The zero-order valence-electron chi connectivity index (χ0n) is 19.2. The van der Waals surface area contributed by atoms with Crippen molar-refractivity contribution >= 4 is 49.6 Å². The molecule has 2 aliphatic carbocycles. The zero-order chi connectivity index (χ0) is 24.8. The van der Waals surface area contributed by atoms with E-state index in [0.29, 0.717) is 10.4 Å². The molecule has 2 aliphatic rings. The molecule has 0 N–H and O–H groups in total. The molecule has 0 saturated heterocycles. The van der Waals surface area contributed by atoms with Gasteiger partial charge in [-0.1, -0.05) is 17.7 Å². The van der Waals surface area contributed by atoms with E-state index in [4.69, 9.17) is 21.1 Å². The Hall–Kier alpha value is -2.55. The summed E-state index contributed by atoms with van der Waals surface area (Å²) in [5.74, 6) is 0. The second-order valence-electron chi connectivity index (χ2n) is 8.88. The lowest BCUT2D eigenvalue weighted by atomic mass is 9.80. The van der Waals surface area contributed by atoms with Gasteiger partial charge in [0.1, 0.15) is 33.9 Å². The summed E-state index contributed by atoms with van der Waals surface area (Å²) < 4.78 is 38.4. The maximum absolute atomic E-state index is 13.8. The number of ether oxygens (including phenoxy) is 2. The molecule has 0 radical (unpaired) electrons. The molecule has 182 valence electrons. The molecule has 0 spiro atoms. The van der Waals surface area contributed by atoms with Crippen molar-refractivity contribution in [3.8, 4) is 6.07 Å². The van der Waals surface area contributed by atoms with Gasteiger partial charge >= 0.3 is 0 Å². The molecule has 1 saturated carbocycles. The Morgan fingerprint density at radius 3 is 2.80 bits per heavy atom. The van der Waals surface area contributed by atoms with E-state index in [1.165, 1.54) is 23.6 Å². The first-order valence-corrected chi connectivity index (χ1v) is 13.7. The van der Waals surface area contributed by atoms with E-state index in [9.17, 15) is 13.7 Å². The van der Waals surface area contributed by atoms with E-state index in [1.54, 1.807) is 38.4 Å². The van der Waals surface area contributed by atoms with Crippen molar-refractivity contribution in [3.63, 3.8) is 0 Å². The minimum atomic E-state index is -4.07. The number of allylic oxidation sites excluding steroid dienone is 3. The van der Waals surface area contributed by atoms with E-state index in [1.807, 2.05) is 12.1 Å². The molecule has 0 aromatic carbocycles. The second kappa shape index (κ2) is 8.84.